The van der Waals surface area contributed by atoms with E-state index < -0.39 is 5.97 Å². The van der Waals surface area contributed by atoms with Crippen molar-refractivity contribution in [1.29, 1.82) is 0 Å². The molecule has 98 valence electrons. The highest BCUT2D eigenvalue weighted by atomic mass is 16.4. The van der Waals surface area contributed by atoms with E-state index >= 15 is 0 Å². The van der Waals surface area contributed by atoms with E-state index in [0.717, 1.165) is 5.69 Å². The summed E-state index contributed by atoms with van der Waals surface area (Å²) in [5, 5.41) is 13.1. The first-order valence-corrected chi connectivity index (χ1v) is 6.19. The molecule has 20 heavy (non-hydrogen) atoms. The first-order valence-electron chi connectivity index (χ1n) is 6.19. The normalized spacial score (nSPS) is 10.4. The van der Waals surface area contributed by atoms with Crippen molar-refractivity contribution >= 4 is 28.4 Å². The fourth-order valence-electron chi connectivity index (χ4n) is 2.09. The topological polar surface area (TPSA) is 62.2 Å². The van der Waals surface area contributed by atoms with E-state index in [1.54, 1.807) is 24.3 Å². The van der Waals surface area contributed by atoms with Gasteiger partial charge in [-0.05, 0) is 24.3 Å². The van der Waals surface area contributed by atoms with Crippen LogP contribution in [0.2, 0.25) is 0 Å². The molecule has 0 saturated carbocycles. The number of pyridine rings is 1. The summed E-state index contributed by atoms with van der Waals surface area (Å²) in [6.07, 6.45) is 0. The van der Waals surface area contributed by atoms with E-state index in [1.165, 1.54) is 0 Å². The Balaban J connectivity index is 2.10. The molecule has 2 aromatic carbocycles. The largest absolute Gasteiger partial charge is 0.478 e. The van der Waals surface area contributed by atoms with Crippen molar-refractivity contribution in [3.05, 3.63) is 66.2 Å². The molecule has 2 N–H and O–H groups in total. The molecule has 3 rings (SSSR count). The number of carboxylic acid groups (broad SMARTS) is 1. The summed E-state index contributed by atoms with van der Waals surface area (Å²) >= 11 is 0. The van der Waals surface area contributed by atoms with E-state index in [0.29, 0.717) is 16.7 Å². The molecule has 0 atom stereocenters. The highest BCUT2D eigenvalue weighted by Gasteiger charge is 2.11. The van der Waals surface area contributed by atoms with E-state index in [9.17, 15) is 9.90 Å². The van der Waals surface area contributed by atoms with E-state index in [1.807, 2.05) is 36.4 Å². The summed E-state index contributed by atoms with van der Waals surface area (Å²) in [4.78, 5) is 15.8. The number of para-hydroxylation sites is 2. The molecule has 1 heterocycles. The maximum atomic E-state index is 11.4. The number of anilines is 2. The lowest BCUT2D eigenvalue weighted by Crippen LogP contribution is -2.02. The predicted molar refractivity (Wildman–Crippen MR) is 78.4 cm³/mol. The zero-order valence-electron chi connectivity index (χ0n) is 10.6. The highest BCUT2D eigenvalue weighted by molar-refractivity contribution is 6.03. The molecule has 0 amide bonds. The van der Waals surface area contributed by atoms with Crippen LogP contribution in [0.25, 0.3) is 10.9 Å². The molecule has 4 heteroatoms. The van der Waals surface area contributed by atoms with Crippen molar-refractivity contribution in [3.63, 3.8) is 0 Å². The molecule has 0 fully saturated rings. The number of carboxylic acids is 1. The quantitative estimate of drug-likeness (QED) is 0.757. The van der Waals surface area contributed by atoms with Gasteiger partial charge in [-0.15, -0.1) is 0 Å². The summed E-state index contributed by atoms with van der Waals surface area (Å²) in [6, 6.07) is 18.3. The van der Waals surface area contributed by atoms with Gasteiger partial charge >= 0.3 is 5.97 Å². The highest BCUT2D eigenvalue weighted by Crippen LogP contribution is 2.23. The fourth-order valence-corrected chi connectivity index (χ4v) is 2.09. The van der Waals surface area contributed by atoms with Crippen LogP contribution in [0, 0.1) is 0 Å². The molecule has 3 aromatic rings. The zero-order valence-corrected chi connectivity index (χ0v) is 10.6. The predicted octanol–water partition coefficient (Wildman–Crippen LogP) is 3.68. The van der Waals surface area contributed by atoms with Crippen molar-refractivity contribution in [2.24, 2.45) is 0 Å². The van der Waals surface area contributed by atoms with Gasteiger partial charge in [0.05, 0.1) is 11.1 Å². The van der Waals surface area contributed by atoms with Crippen molar-refractivity contribution in [3.8, 4) is 0 Å². The molecule has 4 nitrogen and oxygen atoms in total. The Hall–Kier alpha value is -2.88. The molecule has 0 bridgehead atoms. The van der Waals surface area contributed by atoms with Gasteiger partial charge in [-0.3, -0.25) is 0 Å². The van der Waals surface area contributed by atoms with Crippen molar-refractivity contribution < 1.29 is 9.90 Å². The summed E-state index contributed by atoms with van der Waals surface area (Å²) in [5.41, 5.74) is 1.77. The number of nitrogens with one attached hydrogen (secondary N) is 1. The molecule has 1 aromatic heterocycles. The average molecular weight is 264 g/mol. The Morgan fingerprint density at radius 2 is 1.70 bits per heavy atom. The van der Waals surface area contributed by atoms with Gasteiger partial charge in [-0.25, -0.2) is 9.78 Å². The molecular formula is C16H12N2O2. The van der Waals surface area contributed by atoms with Crippen LogP contribution in [0.1, 0.15) is 10.4 Å². The Bertz CT molecular complexity index is 770. The second kappa shape index (κ2) is 5.01. The molecule has 0 radical (unpaired) electrons. The lowest BCUT2D eigenvalue weighted by atomic mass is 10.1. The molecular weight excluding hydrogens is 252 g/mol. The number of hydrogen-bond acceptors (Lipinski definition) is 3. The van der Waals surface area contributed by atoms with Crippen LogP contribution in [0.4, 0.5) is 11.5 Å². The van der Waals surface area contributed by atoms with Crippen LogP contribution in [-0.4, -0.2) is 16.1 Å². The second-order valence-corrected chi connectivity index (χ2v) is 4.37. The standard InChI is InChI=1S/C16H12N2O2/c19-16(20)13-10-15(17-11-6-2-1-3-7-11)18-14-9-5-4-8-12(13)14/h1-10H,(H,17,18)(H,19,20). The Morgan fingerprint density at radius 1 is 1.00 bits per heavy atom. The van der Waals surface area contributed by atoms with Gasteiger partial charge in [-0.1, -0.05) is 36.4 Å². The third-order valence-corrected chi connectivity index (χ3v) is 2.99. The number of hydrogen-bond donors (Lipinski definition) is 2. The van der Waals surface area contributed by atoms with Gasteiger partial charge in [0.2, 0.25) is 0 Å². The second-order valence-electron chi connectivity index (χ2n) is 4.37. The molecule has 0 aliphatic heterocycles. The smallest absolute Gasteiger partial charge is 0.336 e. The lowest BCUT2D eigenvalue weighted by Gasteiger charge is -2.09. The van der Waals surface area contributed by atoms with Crippen LogP contribution in [0.15, 0.2) is 60.7 Å². The number of fused-ring (bicyclic) bond motifs is 1. The van der Waals surface area contributed by atoms with Gasteiger partial charge in [0.1, 0.15) is 5.82 Å². The SMILES string of the molecule is O=C(O)c1cc(Nc2ccccc2)nc2ccccc12. The van der Waals surface area contributed by atoms with Crippen molar-refractivity contribution in [2.45, 2.75) is 0 Å². The molecule has 0 aliphatic rings. The van der Waals surface area contributed by atoms with Gasteiger partial charge < -0.3 is 10.4 Å². The minimum absolute atomic E-state index is 0.244. The minimum Gasteiger partial charge on any atom is -0.478 e. The number of nitrogens with zero attached hydrogens (tertiary/aromatic N) is 1. The number of carbonyl (C=O) groups is 1. The van der Waals surface area contributed by atoms with E-state index in [4.69, 9.17) is 0 Å². The van der Waals surface area contributed by atoms with Crippen LogP contribution in [0.5, 0.6) is 0 Å². The average Bonchev–Trinajstić information content (AvgIpc) is 2.47. The van der Waals surface area contributed by atoms with Crippen LogP contribution >= 0.6 is 0 Å². The van der Waals surface area contributed by atoms with Gasteiger partial charge in [-0.2, -0.15) is 0 Å². The Morgan fingerprint density at radius 3 is 2.45 bits per heavy atom. The Kier molecular flexibility index (Phi) is 3.05. The van der Waals surface area contributed by atoms with Crippen molar-refractivity contribution in [2.75, 3.05) is 5.32 Å². The minimum atomic E-state index is -0.959. The number of aromatic carboxylic acids is 1. The van der Waals surface area contributed by atoms with Crippen LogP contribution in [0.3, 0.4) is 0 Å². The maximum Gasteiger partial charge on any atom is 0.336 e. The lowest BCUT2D eigenvalue weighted by molar-refractivity contribution is 0.0699. The van der Waals surface area contributed by atoms with Crippen LogP contribution < -0.4 is 5.32 Å². The fraction of sp³-hybridized carbons (Fsp3) is 0. The Labute approximate surface area is 115 Å². The number of benzene rings is 2. The molecule has 0 spiro atoms. The summed E-state index contributed by atoms with van der Waals surface area (Å²) in [7, 11) is 0. The third kappa shape index (κ3) is 2.31. The summed E-state index contributed by atoms with van der Waals surface area (Å²) < 4.78 is 0. The summed E-state index contributed by atoms with van der Waals surface area (Å²) in [5.74, 6) is -0.438. The third-order valence-electron chi connectivity index (χ3n) is 2.99. The maximum absolute atomic E-state index is 11.4. The number of aromatic nitrogens is 1. The molecule has 0 saturated heterocycles. The monoisotopic (exact) mass is 264 g/mol. The van der Waals surface area contributed by atoms with Crippen LogP contribution in [-0.2, 0) is 0 Å². The first kappa shape index (κ1) is 12.2. The molecule has 0 aliphatic carbocycles. The van der Waals surface area contributed by atoms with E-state index in [2.05, 4.69) is 10.3 Å². The first-order chi connectivity index (χ1) is 9.74. The van der Waals surface area contributed by atoms with Gasteiger partial charge in [0, 0.05) is 11.1 Å². The van der Waals surface area contributed by atoms with E-state index in [-0.39, 0.29) is 5.56 Å². The zero-order chi connectivity index (χ0) is 13.9. The molecule has 0 unspecified atom stereocenters. The summed E-state index contributed by atoms with van der Waals surface area (Å²) in [6.45, 7) is 0. The number of rotatable bonds is 3. The van der Waals surface area contributed by atoms with Gasteiger partial charge in [0.25, 0.3) is 0 Å². The van der Waals surface area contributed by atoms with Crippen molar-refractivity contribution in [1.82, 2.24) is 4.98 Å². The van der Waals surface area contributed by atoms with Gasteiger partial charge in [0.15, 0.2) is 0 Å².